The molecule has 0 spiro atoms. The number of nitrogens with one attached hydrogen (secondary N) is 1. The van der Waals surface area contributed by atoms with E-state index in [4.69, 9.17) is 0 Å². The molecule has 4 nitrogen and oxygen atoms in total. The van der Waals surface area contributed by atoms with E-state index in [1.807, 2.05) is 49.7 Å². The lowest BCUT2D eigenvalue weighted by Gasteiger charge is -2.35. The number of aryl methyl sites for hydroxylation is 3. The second-order valence-electron chi connectivity index (χ2n) is 9.62. The van der Waals surface area contributed by atoms with Gasteiger partial charge in [-0.1, -0.05) is 49.1 Å². The smallest absolute Gasteiger partial charge is 0.248 e. The minimum absolute atomic E-state index is 0.0910. The first-order chi connectivity index (χ1) is 16.8. The monoisotopic (exact) mass is 492 g/mol. The van der Waals surface area contributed by atoms with E-state index >= 15 is 0 Å². The summed E-state index contributed by atoms with van der Waals surface area (Å²) in [6.45, 7) is 5.97. The Labute approximate surface area is 211 Å². The van der Waals surface area contributed by atoms with Crippen molar-refractivity contribution in [1.82, 2.24) is 5.32 Å². The molecule has 0 aliphatic heterocycles. The molecule has 1 aromatic heterocycles. The molecule has 1 aliphatic rings. The summed E-state index contributed by atoms with van der Waals surface area (Å²) in [7, 11) is 0. The zero-order valence-electron chi connectivity index (χ0n) is 20.6. The van der Waals surface area contributed by atoms with Gasteiger partial charge in [0.05, 0.1) is 12.1 Å². The normalized spacial score (nSPS) is 15.0. The van der Waals surface area contributed by atoms with E-state index in [1.54, 1.807) is 28.4 Å². The molecule has 35 heavy (non-hydrogen) atoms. The molecular weight excluding hydrogens is 459 g/mol. The van der Waals surface area contributed by atoms with Gasteiger partial charge in [0.15, 0.2) is 0 Å². The molecule has 3 aromatic rings. The van der Waals surface area contributed by atoms with E-state index in [1.165, 1.54) is 18.6 Å². The maximum absolute atomic E-state index is 14.0. The Balaban J connectivity index is 1.81. The van der Waals surface area contributed by atoms with Gasteiger partial charge in [-0.15, -0.1) is 0 Å². The molecule has 1 saturated carbocycles. The predicted octanol–water partition coefficient (Wildman–Crippen LogP) is 6.58. The maximum atomic E-state index is 14.0. The second kappa shape index (κ2) is 11.2. The number of anilines is 1. The third-order valence-electron chi connectivity index (χ3n) is 6.72. The molecule has 1 aliphatic carbocycles. The van der Waals surface area contributed by atoms with E-state index in [9.17, 15) is 14.0 Å². The van der Waals surface area contributed by atoms with Crippen LogP contribution in [0.5, 0.6) is 0 Å². The highest BCUT2D eigenvalue weighted by Gasteiger charge is 2.35. The summed E-state index contributed by atoms with van der Waals surface area (Å²) >= 11 is 1.54. The summed E-state index contributed by atoms with van der Waals surface area (Å²) in [5.74, 6) is -0.757. The van der Waals surface area contributed by atoms with Crippen molar-refractivity contribution >= 4 is 28.8 Å². The highest BCUT2D eigenvalue weighted by Crippen LogP contribution is 2.35. The topological polar surface area (TPSA) is 49.4 Å². The number of amides is 2. The SMILES string of the molecule is Cc1cc(C)c(N(C(=O)Cc2ccsc2)C(C(=O)NC2CCCCC2)c2ccc(F)cc2)c(C)c1. The van der Waals surface area contributed by atoms with Crippen LogP contribution in [0.4, 0.5) is 10.1 Å². The first-order valence-corrected chi connectivity index (χ1v) is 13.2. The summed E-state index contributed by atoms with van der Waals surface area (Å²) in [4.78, 5) is 29.5. The molecule has 1 atom stereocenters. The first-order valence-electron chi connectivity index (χ1n) is 12.3. The van der Waals surface area contributed by atoms with Crippen molar-refractivity contribution in [3.8, 4) is 0 Å². The third kappa shape index (κ3) is 5.99. The number of carbonyl (C=O) groups is 2. The predicted molar refractivity (Wildman–Crippen MR) is 140 cm³/mol. The second-order valence-corrected chi connectivity index (χ2v) is 10.4. The number of benzene rings is 2. The van der Waals surface area contributed by atoms with Crippen LogP contribution < -0.4 is 10.2 Å². The van der Waals surface area contributed by atoms with Crippen LogP contribution in [0, 0.1) is 26.6 Å². The van der Waals surface area contributed by atoms with Gasteiger partial charge in [0.2, 0.25) is 11.8 Å². The Morgan fingerprint density at radius 3 is 2.29 bits per heavy atom. The highest BCUT2D eigenvalue weighted by molar-refractivity contribution is 7.08. The lowest BCUT2D eigenvalue weighted by molar-refractivity contribution is -0.127. The number of carbonyl (C=O) groups excluding carboxylic acids is 2. The average molecular weight is 493 g/mol. The van der Waals surface area contributed by atoms with Gasteiger partial charge in [-0.3, -0.25) is 14.5 Å². The largest absolute Gasteiger partial charge is 0.351 e. The van der Waals surface area contributed by atoms with Crippen LogP contribution in [0.2, 0.25) is 0 Å². The van der Waals surface area contributed by atoms with Crippen LogP contribution >= 0.6 is 11.3 Å². The van der Waals surface area contributed by atoms with Crippen LogP contribution in [-0.4, -0.2) is 17.9 Å². The number of thiophene rings is 1. The summed E-state index contributed by atoms with van der Waals surface area (Å²) in [5, 5.41) is 7.13. The standard InChI is InChI=1S/C29H33FN2O2S/c1-19-15-20(2)27(21(3)16-19)32(26(33)17-22-13-14-35-18-22)28(23-9-11-24(30)12-10-23)29(34)31-25-7-5-4-6-8-25/h9-16,18,25,28H,4-8,17H2,1-3H3,(H,31,34). The molecule has 1 N–H and O–H groups in total. The van der Waals surface area contributed by atoms with Gasteiger partial charge in [0.1, 0.15) is 11.9 Å². The number of rotatable bonds is 7. The molecule has 0 saturated heterocycles. The van der Waals surface area contributed by atoms with Crippen molar-refractivity contribution < 1.29 is 14.0 Å². The number of hydrogen-bond acceptors (Lipinski definition) is 3. The summed E-state index contributed by atoms with van der Waals surface area (Å²) in [6, 6.07) is 11.1. The Kier molecular flexibility index (Phi) is 8.01. The lowest BCUT2D eigenvalue weighted by Crippen LogP contribution is -2.48. The van der Waals surface area contributed by atoms with Crippen molar-refractivity contribution in [2.75, 3.05) is 4.90 Å². The molecule has 1 unspecified atom stereocenters. The van der Waals surface area contributed by atoms with Crippen molar-refractivity contribution in [1.29, 1.82) is 0 Å². The molecule has 4 rings (SSSR count). The summed E-state index contributed by atoms with van der Waals surface area (Å²) < 4.78 is 13.9. The molecular formula is C29H33FN2O2S. The van der Waals surface area contributed by atoms with Gasteiger partial charge in [-0.25, -0.2) is 4.39 Å². The fourth-order valence-electron chi connectivity index (χ4n) is 5.19. The summed E-state index contributed by atoms with van der Waals surface area (Å²) in [6.07, 6.45) is 5.42. The molecule has 0 radical (unpaired) electrons. The van der Waals surface area contributed by atoms with Crippen molar-refractivity contribution in [3.63, 3.8) is 0 Å². The van der Waals surface area contributed by atoms with Crippen molar-refractivity contribution in [3.05, 3.63) is 86.9 Å². The molecule has 2 aromatic carbocycles. The van der Waals surface area contributed by atoms with E-state index in [-0.39, 0.29) is 30.1 Å². The van der Waals surface area contributed by atoms with E-state index < -0.39 is 6.04 Å². The van der Waals surface area contributed by atoms with Gasteiger partial charge in [0.25, 0.3) is 0 Å². The molecule has 184 valence electrons. The number of nitrogens with zero attached hydrogens (tertiary/aromatic N) is 1. The third-order valence-corrected chi connectivity index (χ3v) is 7.46. The fraction of sp³-hybridized carbons (Fsp3) is 0.379. The maximum Gasteiger partial charge on any atom is 0.248 e. The summed E-state index contributed by atoms with van der Waals surface area (Å²) in [5.41, 5.74) is 5.20. The minimum Gasteiger partial charge on any atom is -0.351 e. The van der Waals surface area contributed by atoms with Gasteiger partial charge in [-0.2, -0.15) is 11.3 Å². The first kappa shape index (κ1) is 25.1. The zero-order chi connectivity index (χ0) is 24.9. The molecule has 1 heterocycles. The Morgan fingerprint density at radius 1 is 1.03 bits per heavy atom. The molecule has 2 amide bonds. The van der Waals surface area contributed by atoms with Crippen LogP contribution in [0.1, 0.15) is 66.0 Å². The lowest BCUT2D eigenvalue weighted by atomic mass is 9.94. The van der Waals surface area contributed by atoms with Gasteiger partial charge >= 0.3 is 0 Å². The number of hydrogen-bond donors (Lipinski definition) is 1. The van der Waals surface area contributed by atoms with E-state index in [0.29, 0.717) is 5.56 Å². The van der Waals surface area contributed by atoms with Crippen LogP contribution in [0.3, 0.4) is 0 Å². The van der Waals surface area contributed by atoms with Crippen LogP contribution in [-0.2, 0) is 16.0 Å². The highest BCUT2D eigenvalue weighted by atomic mass is 32.1. The van der Waals surface area contributed by atoms with Crippen molar-refractivity contribution in [2.45, 2.75) is 71.4 Å². The van der Waals surface area contributed by atoms with Crippen molar-refractivity contribution in [2.24, 2.45) is 0 Å². The molecule has 1 fully saturated rings. The minimum atomic E-state index is -0.899. The van der Waals surface area contributed by atoms with E-state index in [0.717, 1.165) is 53.6 Å². The van der Waals surface area contributed by atoms with Gasteiger partial charge in [0, 0.05) is 6.04 Å². The Bertz CT molecular complexity index is 1140. The Hall–Kier alpha value is -2.99. The molecule has 0 bridgehead atoms. The van der Waals surface area contributed by atoms with Crippen LogP contribution in [0.25, 0.3) is 0 Å². The molecule has 6 heteroatoms. The zero-order valence-corrected chi connectivity index (χ0v) is 21.5. The van der Waals surface area contributed by atoms with Gasteiger partial charge < -0.3 is 5.32 Å². The number of halogens is 1. The average Bonchev–Trinajstić information content (AvgIpc) is 3.32. The quantitative estimate of drug-likeness (QED) is 0.405. The van der Waals surface area contributed by atoms with E-state index in [2.05, 4.69) is 5.32 Å². The Morgan fingerprint density at radius 2 is 1.69 bits per heavy atom. The van der Waals surface area contributed by atoms with Gasteiger partial charge in [-0.05, 0) is 84.8 Å². The van der Waals surface area contributed by atoms with Crippen LogP contribution in [0.15, 0.2) is 53.2 Å². The fourth-order valence-corrected chi connectivity index (χ4v) is 5.86.